The van der Waals surface area contributed by atoms with Gasteiger partial charge in [0.05, 0.1) is 5.56 Å². The Hall–Kier alpha value is -0.880. The Bertz CT molecular complexity index is 304. The maximum absolute atomic E-state index is 12.8. The van der Waals surface area contributed by atoms with E-state index in [1.807, 2.05) is 13.8 Å². The highest BCUT2D eigenvalue weighted by atomic mass is 79.9. The SMILES string of the molecule is CC.N#Cc1ccc(CBr)cc1F. The summed E-state index contributed by atoms with van der Waals surface area (Å²) in [4.78, 5) is 0. The fraction of sp³-hybridized carbons (Fsp3) is 0.300. The van der Waals surface area contributed by atoms with Gasteiger partial charge in [0.25, 0.3) is 0 Å². The van der Waals surface area contributed by atoms with E-state index in [9.17, 15) is 4.39 Å². The molecule has 0 aliphatic rings. The fourth-order valence-corrected chi connectivity index (χ4v) is 1.08. The monoisotopic (exact) mass is 243 g/mol. The molecule has 1 aromatic carbocycles. The second-order valence-corrected chi connectivity index (χ2v) is 2.62. The van der Waals surface area contributed by atoms with E-state index in [-0.39, 0.29) is 5.56 Å². The van der Waals surface area contributed by atoms with Crippen LogP contribution in [0.1, 0.15) is 25.0 Å². The molecule has 0 spiro atoms. The minimum Gasteiger partial charge on any atom is -0.206 e. The highest BCUT2D eigenvalue weighted by Crippen LogP contribution is 2.11. The van der Waals surface area contributed by atoms with E-state index in [0.29, 0.717) is 5.33 Å². The minimum atomic E-state index is -0.454. The summed E-state index contributed by atoms with van der Waals surface area (Å²) in [5.41, 5.74) is 0.927. The fourth-order valence-electron chi connectivity index (χ4n) is 0.732. The van der Waals surface area contributed by atoms with Crippen LogP contribution in [0.2, 0.25) is 0 Å². The third-order valence-corrected chi connectivity index (χ3v) is 1.96. The summed E-state index contributed by atoms with van der Waals surface area (Å²) in [5.74, 6) is -0.454. The van der Waals surface area contributed by atoms with Crippen LogP contribution >= 0.6 is 15.9 Å². The smallest absolute Gasteiger partial charge is 0.141 e. The van der Waals surface area contributed by atoms with Crippen molar-refractivity contribution in [3.63, 3.8) is 0 Å². The van der Waals surface area contributed by atoms with E-state index in [2.05, 4.69) is 15.9 Å². The summed E-state index contributed by atoms with van der Waals surface area (Å²) in [7, 11) is 0. The van der Waals surface area contributed by atoms with Crippen LogP contribution in [0.5, 0.6) is 0 Å². The molecule has 0 aromatic heterocycles. The lowest BCUT2D eigenvalue weighted by molar-refractivity contribution is 0.622. The number of alkyl halides is 1. The van der Waals surface area contributed by atoms with Crippen molar-refractivity contribution in [1.29, 1.82) is 5.26 Å². The predicted octanol–water partition coefficient (Wildman–Crippen LogP) is 3.62. The van der Waals surface area contributed by atoms with Crippen LogP contribution in [-0.2, 0) is 5.33 Å². The third kappa shape index (κ3) is 3.56. The predicted molar refractivity (Wildman–Crippen MR) is 55.1 cm³/mol. The molecular formula is C10H11BrFN. The van der Waals surface area contributed by atoms with Crippen molar-refractivity contribution in [3.05, 3.63) is 35.1 Å². The van der Waals surface area contributed by atoms with Crippen molar-refractivity contribution >= 4 is 15.9 Å². The molecule has 0 atom stereocenters. The second kappa shape index (κ2) is 6.62. The van der Waals surface area contributed by atoms with E-state index in [0.717, 1.165) is 5.56 Å². The first kappa shape index (κ1) is 12.1. The first-order valence-corrected chi connectivity index (χ1v) is 5.14. The zero-order valence-electron chi connectivity index (χ0n) is 7.64. The molecule has 0 amide bonds. The Morgan fingerprint density at radius 1 is 1.46 bits per heavy atom. The Morgan fingerprint density at radius 2 is 2.08 bits per heavy atom. The molecule has 13 heavy (non-hydrogen) atoms. The van der Waals surface area contributed by atoms with Crippen LogP contribution < -0.4 is 0 Å². The molecule has 0 radical (unpaired) electrons. The van der Waals surface area contributed by atoms with Gasteiger partial charge in [0, 0.05) is 5.33 Å². The summed E-state index contributed by atoms with van der Waals surface area (Å²) < 4.78 is 12.8. The zero-order valence-corrected chi connectivity index (χ0v) is 9.23. The largest absolute Gasteiger partial charge is 0.206 e. The number of nitriles is 1. The van der Waals surface area contributed by atoms with Crippen molar-refractivity contribution in [3.8, 4) is 6.07 Å². The number of nitrogens with zero attached hydrogens (tertiary/aromatic N) is 1. The van der Waals surface area contributed by atoms with Gasteiger partial charge in [-0.1, -0.05) is 35.8 Å². The Balaban J connectivity index is 0.000000671. The molecule has 0 aliphatic carbocycles. The molecule has 0 N–H and O–H groups in total. The topological polar surface area (TPSA) is 23.8 Å². The van der Waals surface area contributed by atoms with Gasteiger partial charge in [0.15, 0.2) is 0 Å². The van der Waals surface area contributed by atoms with Gasteiger partial charge in [0.2, 0.25) is 0 Å². The van der Waals surface area contributed by atoms with Crippen LogP contribution in [0.3, 0.4) is 0 Å². The molecule has 0 aliphatic heterocycles. The highest BCUT2D eigenvalue weighted by molar-refractivity contribution is 9.08. The van der Waals surface area contributed by atoms with Gasteiger partial charge in [-0.25, -0.2) is 4.39 Å². The quantitative estimate of drug-likeness (QED) is 0.692. The minimum absolute atomic E-state index is 0.0923. The van der Waals surface area contributed by atoms with Crippen molar-refractivity contribution < 1.29 is 4.39 Å². The van der Waals surface area contributed by atoms with Crippen molar-refractivity contribution in [2.24, 2.45) is 0 Å². The molecule has 1 rings (SSSR count). The summed E-state index contributed by atoms with van der Waals surface area (Å²) in [5, 5.41) is 8.99. The van der Waals surface area contributed by atoms with Gasteiger partial charge in [-0.15, -0.1) is 0 Å². The molecule has 1 nitrogen and oxygen atoms in total. The average molecular weight is 244 g/mol. The van der Waals surface area contributed by atoms with Gasteiger partial charge < -0.3 is 0 Å². The summed E-state index contributed by atoms with van der Waals surface area (Å²) in [6, 6.07) is 6.31. The third-order valence-electron chi connectivity index (χ3n) is 1.31. The maximum atomic E-state index is 12.8. The van der Waals surface area contributed by atoms with E-state index >= 15 is 0 Å². The number of benzene rings is 1. The van der Waals surface area contributed by atoms with Crippen LogP contribution in [0, 0.1) is 17.1 Å². The van der Waals surface area contributed by atoms with Gasteiger partial charge in [-0.3, -0.25) is 0 Å². The van der Waals surface area contributed by atoms with Crippen LogP contribution in [0.15, 0.2) is 18.2 Å². The average Bonchev–Trinajstić information content (AvgIpc) is 2.20. The van der Waals surface area contributed by atoms with Crippen LogP contribution in [-0.4, -0.2) is 0 Å². The lowest BCUT2D eigenvalue weighted by Gasteiger charge is -1.95. The maximum Gasteiger partial charge on any atom is 0.141 e. The number of hydrogen-bond acceptors (Lipinski definition) is 1. The second-order valence-electron chi connectivity index (χ2n) is 2.06. The van der Waals surface area contributed by atoms with Gasteiger partial charge in [-0.05, 0) is 17.7 Å². The first-order chi connectivity index (χ1) is 6.27. The zero-order chi connectivity index (χ0) is 10.3. The van der Waals surface area contributed by atoms with E-state index < -0.39 is 5.82 Å². The molecular weight excluding hydrogens is 233 g/mol. The molecule has 70 valence electrons. The number of hydrogen-bond donors (Lipinski definition) is 0. The van der Waals surface area contributed by atoms with E-state index in [1.165, 1.54) is 12.1 Å². The highest BCUT2D eigenvalue weighted by Gasteiger charge is 2.00. The van der Waals surface area contributed by atoms with Gasteiger partial charge in [0.1, 0.15) is 11.9 Å². The van der Waals surface area contributed by atoms with Crippen molar-refractivity contribution in [1.82, 2.24) is 0 Å². The number of rotatable bonds is 1. The Morgan fingerprint density at radius 3 is 2.46 bits per heavy atom. The molecule has 3 heteroatoms. The van der Waals surface area contributed by atoms with Crippen molar-refractivity contribution in [2.75, 3.05) is 0 Å². The van der Waals surface area contributed by atoms with Gasteiger partial charge in [-0.2, -0.15) is 5.26 Å². The summed E-state index contributed by atoms with van der Waals surface area (Å²) in [6.45, 7) is 4.00. The lowest BCUT2D eigenvalue weighted by Crippen LogP contribution is -1.85. The van der Waals surface area contributed by atoms with E-state index in [4.69, 9.17) is 5.26 Å². The van der Waals surface area contributed by atoms with Crippen molar-refractivity contribution in [2.45, 2.75) is 19.2 Å². The molecule has 0 saturated carbocycles. The number of halogens is 2. The summed E-state index contributed by atoms with van der Waals surface area (Å²) in [6.07, 6.45) is 0. The molecule has 0 unspecified atom stereocenters. The van der Waals surface area contributed by atoms with Gasteiger partial charge >= 0.3 is 0 Å². The molecule has 0 fully saturated rings. The Kier molecular flexibility index (Phi) is 6.17. The first-order valence-electron chi connectivity index (χ1n) is 4.02. The van der Waals surface area contributed by atoms with Crippen LogP contribution in [0.25, 0.3) is 0 Å². The van der Waals surface area contributed by atoms with Crippen LogP contribution in [0.4, 0.5) is 4.39 Å². The molecule has 0 heterocycles. The standard InChI is InChI=1S/C8H5BrFN.C2H6/c9-4-6-1-2-7(5-11)8(10)3-6;1-2/h1-3H,4H2;1-2H3. The van der Waals surface area contributed by atoms with E-state index in [1.54, 1.807) is 12.1 Å². The normalized spacial score (nSPS) is 8.23. The molecule has 0 bridgehead atoms. The molecule has 1 aromatic rings. The summed E-state index contributed by atoms with van der Waals surface area (Å²) >= 11 is 3.19. The lowest BCUT2D eigenvalue weighted by atomic mass is 10.1. The molecule has 0 saturated heterocycles. The Labute approximate surface area is 86.3 Å².